The molecule has 8 heteroatoms. The molecule has 4 aromatic rings. The molecule has 4 rings (SSSR count). The number of nitrogens with zero attached hydrogens (tertiary/aromatic N) is 3. The molecule has 1 amide bonds. The van der Waals surface area contributed by atoms with Gasteiger partial charge in [0.15, 0.2) is 5.82 Å². The smallest absolute Gasteiger partial charge is 0.291 e. The molecule has 0 aliphatic heterocycles. The second kappa shape index (κ2) is 7.61. The van der Waals surface area contributed by atoms with Gasteiger partial charge in [0.2, 0.25) is 5.82 Å². The average molecular weight is 394 g/mol. The van der Waals surface area contributed by atoms with E-state index in [1.807, 2.05) is 17.5 Å². The van der Waals surface area contributed by atoms with E-state index in [9.17, 15) is 14.3 Å². The molecule has 0 saturated heterocycles. The van der Waals surface area contributed by atoms with Crippen molar-refractivity contribution in [2.24, 2.45) is 0 Å². The van der Waals surface area contributed by atoms with Crippen LogP contribution in [0.2, 0.25) is 0 Å². The second-order valence-electron chi connectivity index (χ2n) is 5.94. The lowest BCUT2D eigenvalue weighted by molar-refractivity contribution is 0.0940. The van der Waals surface area contributed by atoms with Gasteiger partial charge in [-0.05, 0) is 41.8 Å². The second-order valence-corrected chi connectivity index (χ2v) is 6.88. The molecule has 0 aliphatic carbocycles. The summed E-state index contributed by atoms with van der Waals surface area (Å²) in [6.07, 6.45) is 0. The van der Waals surface area contributed by atoms with Crippen LogP contribution in [0.3, 0.4) is 0 Å². The zero-order valence-corrected chi connectivity index (χ0v) is 15.4. The highest BCUT2D eigenvalue weighted by molar-refractivity contribution is 7.13. The third kappa shape index (κ3) is 3.63. The lowest BCUT2D eigenvalue weighted by Crippen LogP contribution is -2.24. The number of rotatable bonds is 5. The fourth-order valence-corrected chi connectivity index (χ4v) is 3.35. The van der Waals surface area contributed by atoms with Gasteiger partial charge in [0.1, 0.15) is 11.6 Å². The van der Waals surface area contributed by atoms with Gasteiger partial charge in [0, 0.05) is 12.1 Å². The monoisotopic (exact) mass is 394 g/mol. The van der Waals surface area contributed by atoms with Crippen LogP contribution in [0.5, 0.6) is 5.75 Å². The first-order valence-corrected chi connectivity index (χ1v) is 9.32. The summed E-state index contributed by atoms with van der Waals surface area (Å²) in [5, 5.41) is 18.7. The number of aromatic hydroxyl groups is 1. The number of para-hydroxylation sites is 1. The number of nitrogens with one attached hydrogen (secondary N) is 1. The van der Waals surface area contributed by atoms with Crippen LogP contribution in [0.1, 0.15) is 16.2 Å². The third-order valence-corrected chi connectivity index (χ3v) is 4.92. The van der Waals surface area contributed by atoms with E-state index in [1.165, 1.54) is 28.2 Å². The Morgan fingerprint density at radius 2 is 1.89 bits per heavy atom. The maximum atomic E-state index is 13.3. The number of carbonyl (C=O) groups excluding carboxylic acids is 1. The molecule has 0 aliphatic rings. The van der Waals surface area contributed by atoms with E-state index in [0.717, 1.165) is 4.88 Å². The molecule has 0 atom stereocenters. The first-order valence-electron chi connectivity index (χ1n) is 8.44. The van der Waals surface area contributed by atoms with E-state index in [4.69, 9.17) is 0 Å². The molecular weight excluding hydrogens is 379 g/mol. The Hall–Kier alpha value is -3.52. The van der Waals surface area contributed by atoms with Crippen LogP contribution >= 0.6 is 11.3 Å². The number of phenolic OH excluding ortho intramolecular Hbond substituents is 1. The zero-order chi connectivity index (χ0) is 19.5. The summed E-state index contributed by atoms with van der Waals surface area (Å²) in [5.74, 6) is -0.242. The number of benzene rings is 2. The van der Waals surface area contributed by atoms with Gasteiger partial charge in [-0.15, -0.1) is 16.4 Å². The molecule has 2 N–H and O–H groups in total. The third-order valence-electron chi connectivity index (χ3n) is 4.05. The number of hydrogen-bond acceptors (Lipinski definition) is 5. The average Bonchev–Trinajstić information content (AvgIpc) is 3.37. The Morgan fingerprint density at radius 1 is 1.11 bits per heavy atom. The Morgan fingerprint density at radius 3 is 2.61 bits per heavy atom. The summed E-state index contributed by atoms with van der Waals surface area (Å²) in [4.78, 5) is 17.8. The zero-order valence-electron chi connectivity index (χ0n) is 14.5. The van der Waals surface area contributed by atoms with Crippen molar-refractivity contribution in [3.8, 4) is 22.1 Å². The molecular formula is C20H15FN4O2S. The first-order chi connectivity index (χ1) is 13.6. The molecule has 2 aromatic carbocycles. The van der Waals surface area contributed by atoms with Gasteiger partial charge in [-0.25, -0.2) is 14.1 Å². The molecule has 0 radical (unpaired) electrons. The largest absolute Gasteiger partial charge is 0.508 e. The van der Waals surface area contributed by atoms with E-state index in [-0.39, 0.29) is 23.9 Å². The van der Waals surface area contributed by atoms with Crippen molar-refractivity contribution < 1.29 is 14.3 Å². The molecule has 0 spiro atoms. The topological polar surface area (TPSA) is 80.0 Å². The minimum Gasteiger partial charge on any atom is -0.508 e. The van der Waals surface area contributed by atoms with E-state index in [2.05, 4.69) is 15.4 Å². The standard InChI is InChI=1S/C20H15FN4O2S/c21-14-7-9-15(10-8-14)25-19(17-6-3-11-28-17)23-18(24-25)20(27)22-12-13-4-1-2-5-16(13)26/h1-11,26H,12H2,(H,22,27). The van der Waals surface area contributed by atoms with Crippen molar-refractivity contribution in [3.05, 3.63) is 83.2 Å². The van der Waals surface area contributed by atoms with Crippen molar-refractivity contribution in [3.63, 3.8) is 0 Å². The Labute approximate surface area is 163 Å². The predicted molar refractivity (Wildman–Crippen MR) is 104 cm³/mol. The Balaban J connectivity index is 1.64. The van der Waals surface area contributed by atoms with Gasteiger partial charge in [-0.1, -0.05) is 24.3 Å². The molecule has 0 unspecified atom stereocenters. The van der Waals surface area contributed by atoms with E-state index >= 15 is 0 Å². The minimum atomic E-state index is -0.470. The fraction of sp³-hybridized carbons (Fsp3) is 0.0500. The number of aromatic nitrogens is 3. The first kappa shape index (κ1) is 17.9. The Bertz CT molecular complexity index is 1110. The minimum absolute atomic E-state index is 0.0110. The normalized spacial score (nSPS) is 10.8. The quantitative estimate of drug-likeness (QED) is 0.540. The number of thiophene rings is 1. The van der Waals surface area contributed by atoms with Crippen molar-refractivity contribution in [1.82, 2.24) is 20.1 Å². The summed E-state index contributed by atoms with van der Waals surface area (Å²) in [6.45, 7) is 0.144. The van der Waals surface area contributed by atoms with Crippen LogP contribution < -0.4 is 5.32 Å². The van der Waals surface area contributed by atoms with Crippen LogP contribution in [-0.4, -0.2) is 25.8 Å². The Kier molecular flexibility index (Phi) is 4.86. The molecule has 0 fully saturated rings. The molecule has 2 heterocycles. The number of amides is 1. The lowest BCUT2D eigenvalue weighted by Gasteiger charge is -2.05. The van der Waals surface area contributed by atoms with E-state index < -0.39 is 5.91 Å². The van der Waals surface area contributed by atoms with Crippen LogP contribution in [0.15, 0.2) is 66.0 Å². The molecule has 6 nitrogen and oxygen atoms in total. The SMILES string of the molecule is O=C(NCc1ccccc1O)c1nc(-c2cccs2)n(-c2ccc(F)cc2)n1. The fourth-order valence-electron chi connectivity index (χ4n) is 2.65. The van der Waals surface area contributed by atoms with Crippen LogP contribution in [0.25, 0.3) is 16.4 Å². The lowest BCUT2D eigenvalue weighted by atomic mass is 10.2. The van der Waals surface area contributed by atoms with Crippen molar-refractivity contribution in [1.29, 1.82) is 0 Å². The van der Waals surface area contributed by atoms with Crippen molar-refractivity contribution in [2.75, 3.05) is 0 Å². The van der Waals surface area contributed by atoms with Gasteiger partial charge in [-0.3, -0.25) is 4.79 Å². The number of phenols is 1. The highest BCUT2D eigenvalue weighted by atomic mass is 32.1. The molecule has 28 heavy (non-hydrogen) atoms. The molecule has 0 bridgehead atoms. The van der Waals surface area contributed by atoms with Gasteiger partial charge >= 0.3 is 0 Å². The summed E-state index contributed by atoms with van der Waals surface area (Å²) < 4.78 is 14.8. The van der Waals surface area contributed by atoms with Gasteiger partial charge in [0.25, 0.3) is 5.91 Å². The van der Waals surface area contributed by atoms with Crippen molar-refractivity contribution in [2.45, 2.75) is 6.54 Å². The van der Waals surface area contributed by atoms with Crippen LogP contribution in [0.4, 0.5) is 4.39 Å². The molecule has 0 saturated carbocycles. The van der Waals surface area contributed by atoms with Crippen molar-refractivity contribution >= 4 is 17.2 Å². The van der Waals surface area contributed by atoms with Gasteiger partial charge in [-0.2, -0.15) is 0 Å². The highest BCUT2D eigenvalue weighted by Gasteiger charge is 2.19. The van der Waals surface area contributed by atoms with E-state index in [1.54, 1.807) is 36.4 Å². The molecule has 140 valence electrons. The predicted octanol–water partition coefficient (Wildman–Crippen LogP) is 3.77. The van der Waals surface area contributed by atoms with Crippen LogP contribution in [-0.2, 0) is 6.54 Å². The summed E-state index contributed by atoms with van der Waals surface area (Å²) in [7, 11) is 0. The number of carbonyl (C=O) groups is 1. The van der Waals surface area contributed by atoms with Gasteiger partial charge in [0.05, 0.1) is 10.6 Å². The molecule has 2 aromatic heterocycles. The maximum absolute atomic E-state index is 13.3. The van der Waals surface area contributed by atoms with E-state index in [0.29, 0.717) is 17.1 Å². The summed E-state index contributed by atoms with van der Waals surface area (Å²) in [5.41, 5.74) is 1.18. The maximum Gasteiger partial charge on any atom is 0.291 e. The highest BCUT2D eigenvalue weighted by Crippen LogP contribution is 2.25. The number of halogens is 1. The summed E-state index contributed by atoms with van der Waals surface area (Å²) in [6, 6.07) is 16.3. The summed E-state index contributed by atoms with van der Waals surface area (Å²) >= 11 is 1.46. The van der Waals surface area contributed by atoms with Crippen LogP contribution in [0, 0.1) is 5.82 Å². The van der Waals surface area contributed by atoms with Gasteiger partial charge < -0.3 is 10.4 Å². The number of hydrogen-bond donors (Lipinski definition) is 2.